The van der Waals surface area contributed by atoms with Gasteiger partial charge in [0.15, 0.2) is 11.6 Å². The number of carbonyl (C=O) groups excluding carboxylic acids is 1. The van der Waals surface area contributed by atoms with Gasteiger partial charge in [0, 0.05) is 6.54 Å². The number of amides is 1. The van der Waals surface area contributed by atoms with E-state index in [-0.39, 0.29) is 11.7 Å². The van der Waals surface area contributed by atoms with Crippen molar-refractivity contribution in [2.45, 2.75) is 31.8 Å². The van der Waals surface area contributed by atoms with E-state index in [1.807, 2.05) is 0 Å². The lowest BCUT2D eigenvalue weighted by Crippen LogP contribution is -2.46. The van der Waals surface area contributed by atoms with Crippen LogP contribution in [-0.2, 0) is 14.8 Å². The molecule has 1 N–H and O–H groups in total. The van der Waals surface area contributed by atoms with Gasteiger partial charge in [-0.3, -0.25) is 4.79 Å². The molecule has 0 radical (unpaired) electrons. The Balaban J connectivity index is 2.09. The maximum atomic E-state index is 13.7. The zero-order valence-corrected chi connectivity index (χ0v) is 14.2. The molecule has 0 unspecified atom stereocenters. The Kier molecular flexibility index (Phi) is 5.26. The van der Waals surface area contributed by atoms with Gasteiger partial charge in [-0.1, -0.05) is 6.07 Å². The predicted octanol–water partition coefficient (Wildman–Crippen LogP) is 1.44. The Morgan fingerprint density at radius 1 is 1.48 bits per heavy atom. The highest BCUT2D eigenvalue weighted by Gasteiger charge is 2.36. The third-order valence-electron chi connectivity index (χ3n) is 3.97. The van der Waals surface area contributed by atoms with Crippen LogP contribution in [0.2, 0.25) is 0 Å². The minimum Gasteiger partial charge on any atom is -0.494 e. The first-order valence-corrected chi connectivity index (χ1v) is 9.19. The zero-order chi connectivity index (χ0) is 17.2. The van der Waals surface area contributed by atoms with E-state index in [0.717, 1.165) is 6.26 Å². The van der Waals surface area contributed by atoms with Crippen molar-refractivity contribution in [1.29, 1.82) is 0 Å². The fraction of sp³-hybridized carbons (Fsp3) is 0.533. The Labute approximate surface area is 135 Å². The molecule has 128 valence electrons. The second-order valence-corrected chi connectivity index (χ2v) is 7.59. The summed E-state index contributed by atoms with van der Waals surface area (Å²) in [6.45, 7) is 2.07. The van der Waals surface area contributed by atoms with Crippen molar-refractivity contribution in [3.8, 4) is 5.75 Å². The molecule has 0 spiro atoms. The molecule has 0 aromatic heterocycles. The summed E-state index contributed by atoms with van der Waals surface area (Å²) in [5, 5.41) is 2.75. The number of nitrogens with zero attached hydrogens (tertiary/aromatic N) is 1. The molecule has 1 aliphatic heterocycles. The molecule has 1 amide bonds. The molecular formula is C15H21FN2O4S. The van der Waals surface area contributed by atoms with Gasteiger partial charge in [-0.2, -0.15) is 4.31 Å². The summed E-state index contributed by atoms with van der Waals surface area (Å²) in [6.07, 6.45) is 2.24. The SMILES string of the molecule is COc1ccc([C@H](C)NC(=O)[C@@H]2CCCN2S(C)(=O)=O)cc1F. The van der Waals surface area contributed by atoms with Crippen molar-refractivity contribution in [1.82, 2.24) is 9.62 Å². The van der Waals surface area contributed by atoms with Gasteiger partial charge >= 0.3 is 0 Å². The van der Waals surface area contributed by atoms with Crippen molar-refractivity contribution in [3.63, 3.8) is 0 Å². The summed E-state index contributed by atoms with van der Waals surface area (Å²) in [7, 11) is -2.04. The lowest BCUT2D eigenvalue weighted by molar-refractivity contribution is -0.124. The molecule has 6 nitrogen and oxygen atoms in total. The van der Waals surface area contributed by atoms with Crippen LogP contribution in [-0.4, -0.2) is 44.6 Å². The average Bonchev–Trinajstić information content (AvgIpc) is 2.96. The molecule has 0 aliphatic carbocycles. The molecule has 8 heteroatoms. The van der Waals surface area contributed by atoms with Gasteiger partial charge in [-0.05, 0) is 37.5 Å². The van der Waals surface area contributed by atoms with E-state index in [4.69, 9.17) is 4.74 Å². The van der Waals surface area contributed by atoms with Crippen molar-refractivity contribution in [2.24, 2.45) is 0 Å². The molecular weight excluding hydrogens is 323 g/mol. The number of ether oxygens (including phenoxy) is 1. The molecule has 23 heavy (non-hydrogen) atoms. The van der Waals surface area contributed by atoms with Crippen molar-refractivity contribution in [2.75, 3.05) is 19.9 Å². The van der Waals surface area contributed by atoms with Crippen LogP contribution in [0.3, 0.4) is 0 Å². The van der Waals surface area contributed by atoms with Crippen LogP contribution in [0.5, 0.6) is 5.75 Å². The Bertz CT molecular complexity index is 693. The summed E-state index contributed by atoms with van der Waals surface area (Å²) in [4.78, 5) is 12.4. The lowest BCUT2D eigenvalue weighted by atomic mass is 10.1. The number of nitrogens with one attached hydrogen (secondary N) is 1. The standard InChI is InChI=1S/C15H21FN2O4S/c1-10(11-6-7-14(22-2)12(16)9-11)17-15(19)13-5-4-8-18(13)23(3,20)21/h6-7,9-10,13H,4-5,8H2,1-3H3,(H,17,19)/t10-,13-/m0/s1. The number of benzene rings is 1. The highest BCUT2D eigenvalue weighted by Crippen LogP contribution is 2.24. The van der Waals surface area contributed by atoms with Crippen molar-refractivity contribution >= 4 is 15.9 Å². The normalized spacial score (nSPS) is 20.3. The Morgan fingerprint density at radius 3 is 2.74 bits per heavy atom. The first-order chi connectivity index (χ1) is 10.7. The minimum atomic E-state index is -3.42. The third-order valence-corrected chi connectivity index (χ3v) is 5.26. The van der Waals surface area contributed by atoms with Gasteiger partial charge in [0.1, 0.15) is 6.04 Å². The summed E-state index contributed by atoms with van der Waals surface area (Å²) < 4.78 is 43.2. The topological polar surface area (TPSA) is 75.7 Å². The van der Waals surface area contributed by atoms with Gasteiger partial charge in [-0.25, -0.2) is 12.8 Å². The fourth-order valence-corrected chi connectivity index (χ4v) is 3.87. The van der Waals surface area contributed by atoms with Gasteiger partial charge in [-0.15, -0.1) is 0 Å². The summed E-state index contributed by atoms with van der Waals surface area (Å²) in [6, 6.07) is 3.31. The summed E-state index contributed by atoms with van der Waals surface area (Å²) >= 11 is 0. The van der Waals surface area contributed by atoms with Crippen LogP contribution >= 0.6 is 0 Å². The minimum absolute atomic E-state index is 0.131. The molecule has 1 aromatic rings. The number of hydrogen-bond donors (Lipinski definition) is 1. The van der Waals surface area contributed by atoms with E-state index in [1.165, 1.54) is 23.5 Å². The summed E-state index contributed by atoms with van der Waals surface area (Å²) in [5.74, 6) is -0.743. The van der Waals surface area contributed by atoms with E-state index in [1.54, 1.807) is 13.0 Å². The maximum Gasteiger partial charge on any atom is 0.238 e. The zero-order valence-electron chi connectivity index (χ0n) is 13.4. The Hall–Kier alpha value is -1.67. The highest BCUT2D eigenvalue weighted by atomic mass is 32.2. The Morgan fingerprint density at radius 2 is 2.17 bits per heavy atom. The van der Waals surface area contributed by atoms with Crippen LogP contribution in [0.15, 0.2) is 18.2 Å². The van der Waals surface area contributed by atoms with E-state index in [0.29, 0.717) is 24.9 Å². The van der Waals surface area contributed by atoms with Crippen molar-refractivity contribution < 1.29 is 22.3 Å². The van der Waals surface area contributed by atoms with E-state index >= 15 is 0 Å². The number of carbonyl (C=O) groups is 1. The fourth-order valence-electron chi connectivity index (χ4n) is 2.74. The molecule has 2 atom stereocenters. The van der Waals surface area contributed by atoms with Crippen LogP contribution < -0.4 is 10.1 Å². The second kappa shape index (κ2) is 6.84. The third kappa shape index (κ3) is 4.00. The molecule has 0 saturated carbocycles. The van der Waals surface area contributed by atoms with Crippen molar-refractivity contribution in [3.05, 3.63) is 29.6 Å². The average molecular weight is 344 g/mol. The van der Waals surface area contributed by atoms with E-state index in [2.05, 4.69) is 5.32 Å². The molecule has 2 rings (SSSR count). The molecule has 1 aliphatic rings. The lowest BCUT2D eigenvalue weighted by Gasteiger charge is -2.23. The summed E-state index contributed by atoms with van der Waals surface area (Å²) in [5.41, 5.74) is 0.584. The largest absolute Gasteiger partial charge is 0.494 e. The number of methoxy groups -OCH3 is 1. The molecule has 1 saturated heterocycles. The maximum absolute atomic E-state index is 13.7. The van der Waals surface area contributed by atoms with E-state index < -0.39 is 27.9 Å². The molecule has 0 bridgehead atoms. The van der Waals surface area contributed by atoms with Crippen LogP contribution in [0.1, 0.15) is 31.4 Å². The molecule has 1 heterocycles. The number of hydrogen-bond acceptors (Lipinski definition) is 4. The monoisotopic (exact) mass is 344 g/mol. The first-order valence-electron chi connectivity index (χ1n) is 7.34. The first kappa shape index (κ1) is 17.7. The number of halogens is 1. The van der Waals surface area contributed by atoms with Gasteiger partial charge in [0.2, 0.25) is 15.9 Å². The number of sulfonamides is 1. The number of rotatable bonds is 5. The van der Waals surface area contributed by atoms with E-state index in [9.17, 15) is 17.6 Å². The van der Waals surface area contributed by atoms with Crippen LogP contribution in [0.4, 0.5) is 4.39 Å². The van der Waals surface area contributed by atoms with Gasteiger partial charge in [0.05, 0.1) is 19.4 Å². The van der Waals surface area contributed by atoms with Gasteiger partial charge in [0.25, 0.3) is 0 Å². The van der Waals surface area contributed by atoms with Crippen LogP contribution in [0, 0.1) is 5.82 Å². The predicted molar refractivity (Wildman–Crippen MR) is 84.1 cm³/mol. The molecule has 1 aromatic carbocycles. The quantitative estimate of drug-likeness (QED) is 0.877. The molecule has 1 fully saturated rings. The highest BCUT2D eigenvalue weighted by molar-refractivity contribution is 7.88. The van der Waals surface area contributed by atoms with Crippen LogP contribution in [0.25, 0.3) is 0 Å². The smallest absolute Gasteiger partial charge is 0.238 e. The van der Waals surface area contributed by atoms with Gasteiger partial charge < -0.3 is 10.1 Å². The second-order valence-electron chi connectivity index (χ2n) is 5.66.